The zero-order valence-corrected chi connectivity index (χ0v) is 13.6. The summed E-state index contributed by atoms with van der Waals surface area (Å²) in [7, 11) is 0. The van der Waals surface area contributed by atoms with Crippen LogP contribution in [0.5, 0.6) is 0 Å². The molecule has 23 heavy (non-hydrogen) atoms. The van der Waals surface area contributed by atoms with E-state index in [1.807, 2.05) is 31.2 Å². The second-order valence-electron chi connectivity index (χ2n) is 5.13. The number of hydrogen-bond donors (Lipinski definition) is 2. The quantitative estimate of drug-likeness (QED) is 0.818. The summed E-state index contributed by atoms with van der Waals surface area (Å²) >= 11 is 11.7. The number of nitrogens with one attached hydrogen (secondary N) is 1. The lowest BCUT2D eigenvalue weighted by Gasteiger charge is -2.19. The summed E-state index contributed by atoms with van der Waals surface area (Å²) in [5.41, 5.74) is 2.09. The van der Waals surface area contributed by atoms with Gasteiger partial charge in [0.15, 0.2) is 17.4 Å². The minimum absolute atomic E-state index is 0.104. The zero-order chi connectivity index (χ0) is 16.6. The molecule has 2 atom stereocenters. The molecule has 2 heterocycles. The highest BCUT2D eigenvalue weighted by molar-refractivity contribution is 6.42. The van der Waals surface area contributed by atoms with Gasteiger partial charge in [-0.1, -0.05) is 29.3 Å². The fourth-order valence-corrected chi connectivity index (χ4v) is 2.59. The van der Waals surface area contributed by atoms with E-state index in [4.69, 9.17) is 32.4 Å². The number of anilines is 1. The molecule has 5 nitrogen and oxygen atoms in total. The molecule has 0 radical (unpaired) electrons. The van der Waals surface area contributed by atoms with Crippen LogP contribution in [0.15, 0.2) is 51.5 Å². The van der Waals surface area contributed by atoms with Crippen molar-refractivity contribution in [1.82, 2.24) is 0 Å². The van der Waals surface area contributed by atoms with Crippen LogP contribution in [0.3, 0.4) is 0 Å². The Morgan fingerprint density at radius 1 is 1.17 bits per heavy atom. The highest BCUT2D eigenvalue weighted by Crippen LogP contribution is 2.35. The molecule has 3 rings (SSSR count). The van der Waals surface area contributed by atoms with Crippen molar-refractivity contribution >= 4 is 34.9 Å². The molecule has 2 N–H and O–H groups in total. The van der Waals surface area contributed by atoms with Crippen molar-refractivity contribution in [2.24, 2.45) is 0 Å². The van der Waals surface area contributed by atoms with Gasteiger partial charge in [-0.05, 0) is 42.8 Å². The minimum Gasteiger partial charge on any atom is -0.448 e. The van der Waals surface area contributed by atoms with Crippen LogP contribution in [-0.2, 0) is 9.53 Å². The average Bonchev–Trinajstić information content (AvgIpc) is 3.07. The number of rotatable bonds is 4. The number of hydrogen-bond acceptors (Lipinski definition) is 5. The van der Waals surface area contributed by atoms with Crippen molar-refractivity contribution in [1.29, 1.82) is 0 Å². The lowest BCUT2D eigenvalue weighted by Crippen LogP contribution is -2.24. The topological polar surface area (TPSA) is 71.7 Å². The molecule has 0 bridgehead atoms. The van der Waals surface area contributed by atoms with E-state index in [9.17, 15) is 9.90 Å². The molecule has 0 spiro atoms. The fourth-order valence-electron chi connectivity index (χ4n) is 2.24. The summed E-state index contributed by atoms with van der Waals surface area (Å²) in [6.45, 7) is 1.96. The fraction of sp³-hybridized carbons (Fsp3) is 0.188. The molecular formula is C16H13Cl2NO4. The molecule has 2 aromatic rings. The van der Waals surface area contributed by atoms with E-state index in [1.54, 1.807) is 0 Å². The Hall–Kier alpha value is -1.95. The van der Waals surface area contributed by atoms with Crippen LogP contribution in [0.2, 0.25) is 5.22 Å². The van der Waals surface area contributed by atoms with E-state index >= 15 is 0 Å². The molecule has 0 unspecified atom stereocenters. The Morgan fingerprint density at radius 3 is 2.48 bits per heavy atom. The lowest BCUT2D eigenvalue weighted by atomic mass is 10.1. The van der Waals surface area contributed by atoms with Crippen molar-refractivity contribution < 1.29 is 19.1 Å². The van der Waals surface area contributed by atoms with Crippen LogP contribution in [-0.4, -0.2) is 17.2 Å². The molecule has 0 saturated heterocycles. The molecule has 7 heteroatoms. The summed E-state index contributed by atoms with van der Waals surface area (Å²) in [5.74, 6) is -0.523. The van der Waals surface area contributed by atoms with Gasteiger partial charge >= 0.3 is 5.97 Å². The van der Waals surface area contributed by atoms with E-state index in [0.29, 0.717) is 0 Å². The first-order valence-corrected chi connectivity index (χ1v) is 7.59. The maximum atomic E-state index is 11.8. The Kier molecular flexibility index (Phi) is 4.35. The Labute approximate surface area is 142 Å². The van der Waals surface area contributed by atoms with Gasteiger partial charge < -0.3 is 19.6 Å². The normalized spacial score (nSPS) is 19.0. The Bertz CT molecular complexity index is 767. The van der Waals surface area contributed by atoms with Crippen LogP contribution >= 0.6 is 23.2 Å². The molecule has 0 saturated carbocycles. The first-order valence-electron chi connectivity index (χ1n) is 6.83. The van der Waals surface area contributed by atoms with Crippen molar-refractivity contribution in [3.63, 3.8) is 0 Å². The molecule has 1 aromatic heterocycles. The highest BCUT2D eigenvalue weighted by atomic mass is 35.5. The molecular weight excluding hydrogens is 341 g/mol. The van der Waals surface area contributed by atoms with Crippen molar-refractivity contribution in [3.05, 3.63) is 63.7 Å². The Morgan fingerprint density at radius 2 is 1.87 bits per heavy atom. The van der Waals surface area contributed by atoms with E-state index in [0.717, 1.165) is 11.3 Å². The molecule has 0 fully saturated rings. The summed E-state index contributed by atoms with van der Waals surface area (Å²) in [6.07, 6.45) is -2.23. The average molecular weight is 354 g/mol. The number of aryl methyl sites for hydroxylation is 1. The van der Waals surface area contributed by atoms with Gasteiger partial charge in [0.25, 0.3) is 0 Å². The van der Waals surface area contributed by atoms with E-state index in [-0.39, 0.29) is 21.7 Å². The second-order valence-corrected chi connectivity index (χ2v) is 5.88. The van der Waals surface area contributed by atoms with Gasteiger partial charge in [0.2, 0.25) is 0 Å². The summed E-state index contributed by atoms with van der Waals surface area (Å²) in [6, 6.07) is 10.5. The van der Waals surface area contributed by atoms with Crippen molar-refractivity contribution in [2.45, 2.75) is 19.1 Å². The number of aliphatic hydroxyl groups is 1. The van der Waals surface area contributed by atoms with Gasteiger partial charge in [0.05, 0.1) is 5.70 Å². The van der Waals surface area contributed by atoms with E-state index < -0.39 is 18.2 Å². The number of carbonyl (C=O) groups is 1. The summed E-state index contributed by atoms with van der Waals surface area (Å²) in [5, 5.41) is 13.4. The standard InChI is InChI=1S/C16H13Cl2NO4/c1-8-2-4-9(5-3-8)19-13-12(18)16(21)23-15(13)14(20)10-6-7-11(17)22-10/h2-7,14-15,19-20H,1H3/t14-,15-/m1/s1. The number of cyclic esters (lactones) is 1. The predicted octanol–water partition coefficient (Wildman–Crippen LogP) is 3.76. The van der Waals surface area contributed by atoms with Gasteiger partial charge in [-0.25, -0.2) is 4.79 Å². The predicted molar refractivity (Wildman–Crippen MR) is 86.2 cm³/mol. The lowest BCUT2D eigenvalue weighted by molar-refractivity contribution is -0.143. The third-order valence-electron chi connectivity index (χ3n) is 3.44. The third-order valence-corrected chi connectivity index (χ3v) is 4.00. The van der Waals surface area contributed by atoms with Gasteiger partial charge in [0.1, 0.15) is 10.8 Å². The van der Waals surface area contributed by atoms with Crippen LogP contribution in [0.25, 0.3) is 0 Å². The monoisotopic (exact) mass is 353 g/mol. The van der Waals surface area contributed by atoms with Crippen molar-refractivity contribution in [2.75, 3.05) is 5.32 Å². The number of aliphatic hydroxyl groups excluding tert-OH is 1. The van der Waals surface area contributed by atoms with Gasteiger partial charge in [-0.3, -0.25) is 0 Å². The molecule has 1 aliphatic heterocycles. The number of esters is 1. The third kappa shape index (κ3) is 3.22. The van der Waals surface area contributed by atoms with Crippen LogP contribution in [0, 0.1) is 6.92 Å². The number of ether oxygens (including phenoxy) is 1. The first-order chi connectivity index (χ1) is 11.0. The Balaban J connectivity index is 1.88. The maximum absolute atomic E-state index is 11.8. The summed E-state index contributed by atoms with van der Waals surface area (Å²) in [4.78, 5) is 11.8. The maximum Gasteiger partial charge on any atom is 0.352 e. The molecule has 0 aliphatic carbocycles. The van der Waals surface area contributed by atoms with Crippen molar-refractivity contribution in [3.8, 4) is 0 Å². The van der Waals surface area contributed by atoms with Gasteiger partial charge in [0, 0.05) is 5.69 Å². The number of halogens is 2. The highest BCUT2D eigenvalue weighted by Gasteiger charge is 2.40. The number of carbonyl (C=O) groups excluding carboxylic acids is 1. The molecule has 0 amide bonds. The zero-order valence-electron chi connectivity index (χ0n) is 12.0. The van der Waals surface area contributed by atoms with E-state index in [2.05, 4.69) is 5.32 Å². The van der Waals surface area contributed by atoms with Gasteiger partial charge in [-0.2, -0.15) is 0 Å². The minimum atomic E-state index is -1.23. The number of furan rings is 1. The SMILES string of the molecule is Cc1ccc(NC2=C(Cl)C(=O)O[C@H]2[C@H](O)c2ccc(Cl)o2)cc1. The summed E-state index contributed by atoms with van der Waals surface area (Å²) < 4.78 is 10.3. The first kappa shape index (κ1) is 15.9. The molecule has 1 aromatic carbocycles. The molecule has 120 valence electrons. The molecule has 1 aliphatic rings. The number of benzene rings is 1. The smallest absolute Gasteiger partial charge is 0.352 e. The van der Waals surface area contributed by atoms with Crippen LogP contribution in [0.4, 0.5) is 5.69 Å². The van der Waals surface area contributed by atoms with Crippen LogP contribution < -0.4 is 5.32 Å². The van der Waals surface area contributed by atoms with Gasteiger partial charge in [-0.15, -0.1) is 0 Å². The van der Waals surface area contributed by atoms with Crippen LogP contribution in [0.1, 0.15) is 17.4 Å². The van der Waals surface area contributed by atoms with E-state index in [1.165, 1.54) is 12.1 Å². The largest absolute Gasteiger partial charge is 0.448 e. The second kappa shape index (κ2) is 6.28.